The Morgan fingerprint density at radius 1 is 0.419 bits per heavy atom. The molecule has 6 rings (SSSR count). The molecule has 0 bridgehead atoms. The second kappa shape index (κ2) is 7.14. The zero-order chi connectivity index (χ0) is 20.8. The van der Waals surface area contributed by atoms with Crippen LogP contribution in [0.5, 0.6) is 0 Å². The molecule has 0 aliphatic heterocycles. The monoisotopic (exact) mass is 392 g/mol. The van der Waals surface area contributed by atoms with E-state index in [-0.39, 0.29) is 0 Å². The fourth-order valence-electron chi connectivity index (χ4n) is 4.98. The van der Waals surface area contributed by atoms with Gasteiger partial charge in [0.1, 0.15) is 7.85 Å². The highest BCUT2D eigenvalue weighted by molar-refractivity contribution is 6.46. The number of rotatable bonds is 2. The summed E-state index contributed by atoms with van der Waals surface area (Å²) in [6, 6.07) is 41.8. The summed E-state index contributed by atoms with van der Waals surface area (Å²) < 4.78 is 0. The molecule has 0 radical (unpaired) electrons. The lowest BCUT2D eigenvalue weighted by molar-refractivity contribution is 1.64. The molecule has 0 aliphatic rings. The summed E-state index contributed by atoms with van der Waals surface area (Å²) in [4.78, 5) is 0. The van der Waals surface area contributed by atoms with Crippen molar-refractivity contribution in [3.8, 4) is 22.3 Å². The minimum atomic E-state index is 1.25. The molecule has 0 heterocycles. The lowest BCUT2D eigenvalue weighted by atomic mass is 9.81. The first-order valence-corrected chi connectivity index (χ1v) is 10.8. The summed E-state index contributed by atoms with van der Waals surface area (Å²) in [5, 5.41) is 7.85. The van der Waals surface area contributed by atoms with Crippen LogP contribution in [0.1, 0.15) is 0 Å². The second-order valence-corrected chi connectivity index (χ2v) is 8.20. The number of hydrogen-bond donors (Lipinski definition) is 0. The van der Waals surface area contributed by atoms with E-state index in [1.54, 1.807) is 0 Å². The Kier molecular flexibility index (Phi) is 4.14. The van der Waals surface area contributed by atoms with Crippen LogP contribution in [-0.2, 0) is 0 Å². The van der Waals surface area contributed by atoms with E-state index < -0.39 is 0 Å². The van der Waals surface area contributed by atoms with Gasteiger partial charge in [0.2, 0.25) is 0 Å². The Balaban J connectivity index is 1.67. The Morgan fingerprint density at radius 2 is 0.935 bits per heavy atom. The van der Waals surface area contributed by atoms with E-state index >= 15 is 0 Å². The van der Waals surface area contributed by atoms with Gasteiger partial charge in [0.15, 0.2) is 0 Å². The largest absolute Gasteiger partial charge is 0.140 e. The minimum absolute atomic E-state index is 1.25. The van der Waals surface area contributed by atoms with Crippen LogP contribution in [-0.4, -0.2) is 7.85 Å². The minimum Gasteiger partial charge on any atom is -0.0735 e. The molecule has 0 aromatic heterocycles. The van der Waals surface area contributed by atoms with Crippen LogP contribution in [0.4, 0.5) is 0 Å². The lowest BCUT2D eigenvalue weighted by Crippen LogP contribution is -2.07. The van der Waals surface area contributed by atoms with Crippen molar-refractivity contribution in [2.45, 2.75) is 0 Å². The summed E-state index contributed by atoms with van der Waals surface area (Å²) in [6.45, 7) is 0. The number of hydrogen-bond acceptors (Lipinski definition) is 0. The van der Waals surface area contributed by atoms with Crippen LogP contribution in [0.3, 0.4) is 0 Å². The maximum Gasteiger partial charge on any atom is 0.140 e. The van der Waals surface area contributed by atoms with Gasteiger partial charge in [-0.15, -0.1) is 0 Å². The number of fused-ring (bicyclic) bond motifs is 3. The molecular weight excluding hydrogens is 371 g/mol. The summed E-state index contributed by atoms with van der Waals surface area (Å²) in [7, 11) is 2.24. The van der Waals surface area contributed by atoms with Gasteiger partial charge in [-0.05, 0) is 60.6 Å². The molecule has 0 fully saturated rings. The van der Waals surface area contributed by atoms with Crippen molar-refractivity contribution in [2.75, 3.05) is 0 Å². The van der Waals surface area contributed by atoms with E-state index in [1.165, 1.54) is 60.0 Å². The zero-order valence-electron chi connectivity index (χ0n) is 17.5. The first-order chi connectivity index (χ1) is 15.3. The van der Waals surface area contributed by atoms with Gasteiger partial charge in [-0.1, -0.05) is 115 Å². The molecule has 6 aromatic carbocycles. The van der Waals surface area contributed by atoms with Crippen LogP contribution in [0, 0.1) is 0 Å². The van der Waals surface area contributed by atoms with E-state index in [4.69, 9.17) is 0 Å². The van der Waals surface area contributed by atoms with Crippen molar-refractivity contribution in [2.24, 2.45) is 0 Å². The van der Waals surface area contributed by atoms with Crippen LogP contribution < -0.4 is 5.46 Å². The van der Waals surface area contributed by atoms with Gasteiger partial charge >= 0.3 is 0 Å². The third-order valence-corrected chi connectivity index (χ3v) is 6.45. The van der Waals surface area contributed by atoms with Gasteiger partial charge in [0.05, 0.1) is 0 Å². The Bertz CT molecular complexity index is 1530. The predicted molar refractivity (Wildman–Crippen MR) is 138 cm³/mol. The van der Waals surface area contributed by atoms with Gasteiger partial charge in [-0.25, -0.2) is 0 Å². The average molecular weight is 392 g/mol. The van der Waals surface area contributed by atoms with Crippen molar-refractivity contribution >= 4 is 45.6 Å². The molecule has 31 heavy (non-hydrogen) atoms. The first kappa shape index (κ1) is 18.0. The highest BCUT2D eigenvalue weighted by atomic mass is 14.2. The summed E-state index contributed by atoms with van der Waals surface area (Å²) in [5.41, 5.74) is 6.46. The smallest absolute Gasteiger partial charge is 0.0735 e. The molecule has 0 saturated heterocycles. The maximum atomic E-state index is 2.35. The van der Waals surface area contributed by atoms with E-state index in [1.807, 2.05) is 0 Å². The summed E-state index contributed by atoms with van der Waals surface area (Å²) in [5.74, 6) is 0. The third-order valence-electron chi connectivity index (χ3n) is 6.45. The highest BCUT2D eigenvalue weighted by Gasteiger charge is 2.13. The van der Waals surface area contributed by atoms with Crippen molar-refractivity contribution in [3.63, 3.8) is 0 Å². The van der Waals surface area contributed by atoms with E-state index in [0.29, 0.717) is 0 Å². The molecule has 0 N–H and O–H groups in total. The second-order valence-electron chi connectivity index (χ2n) is 8.20. The molecule has 0 amide bonds. The quantitative estimate of drug-likeness (QED) is 0.226. The molecule has 6 aromatic rings. The van der Waals surface area contributed by atoms with Gasteiger partial charge < -0.3 is 0 Å². The predicted octanol–water partition coefficient (Wildman–Crippen LogP) is 6.74. The van der Waals surface area contributed by atoms with Crippen LogP contribution in [0.15, 0.2) is 115 Å². The van der Waals surface area contributed by atoms with Crippen LogP contribution in [0.25, 0.3) is 54.6 Å². The Hall–Kier alpha value is -3.84. The van der Waals surface area contributed by atoms with E-state index in [2.05, 4.69) is 123 Å². The molecule has 1 heteroatoms. The van der Waals surface area contributed by atoms with Crippen molar-refractivity contribution < 1.29 is 0 Å². The van der Waals surface area contributed by atoms with E-state index in [0.717, 1.165) is 0 Å². The van der Waals surface area contributed by atoms with E-state index in [9.17, 15) is 0 Å². The van der Waals surface area contributed by atoms with Gasteiger partial charge in [-0.3, -0.25) is 0 Å². The zero-order valence-corrected chi connectivity index (χ0v) is 17.5. The normalized spacial score (nSPS) is 11.4. The number of benzene rings is 6. The maximum absolute atomic E-state index is 2.35. The van der Waals surface area contributed by atoms with Crippen LogP contribution in [0.2, 0.25) is 0 Å². The molecule has 144 valence electrons. The summed E-state index contributed by atoms with van der Waals surface area (Å²) in [6.07, 6.45) is 0. The third kappa shape index (κ3) is 2.85. The molecule has 0 spiro atoms. The Labute approximate surface area is 183 Å². The fourth-order valence-corrected chi connectivity index (χ4v) is 4.98. The van der Waals surface area contributed by atoms with Crippen molar-refractivity contribution in [1.29, 1.82) is 0 Å². The molecule has 0 atom stereocenters. The Morgan fingerprint density at radius 3 is 1.65 bits per heavy atom. The first-order valence-electron chi connectivity index (χ1n) is 10.8. The lowest BCUT2D eigenvalue weighted by Gasteiger charge is -2.16. The molecule has 0 aliphatic carbocycles. The average Bonchev–Trinajstić information content (AvgIpc) is 2.84. The van der Waals surface area contributed by atoms with Crippen LogP contribution >= 0.6 is 0 Å². The van der Waals surface area contributed by atoms with Gasteiger partial charge in [0.25, 0.3) is 0 Å². The molecule has 0 unspecified atom stereocenters. The fraction of sp³-hybridized carbons (Fsp3) is 0. The standard InChI is InChI=1S/C30H21B/c31-30-27-16-5-3-14-25(27)29(26-15-4-6-17-28(26)30)22-12-7-11-21(19-22)24-18-8-10-20-9-1-2-13-23(20)24/h1-19H,31H2. The topological polar surface area (TPSA) is 0 Å². The molecule has 0 nitrogen and oxygen atoms in total. The molecular formula is C30H21B. The van der Waals surface area contributed by atoms with Crippen molar-refractivity contribution in [1.82, 2.24) is 0 Å². The highest BCUT2D eigenvalue weighted by Crippen LogP contribution is 2.37. The molecule has 0 saturated carbocycles. The van der Waals surface area contributed by atoms with Crippen molar-refractivity contribution in [3.05, 3.63) is 115 Å². The summed E-state index contributed by atoms with van der Waals surface area (Å²) >= 11 is 0. The SMILES string of the molecule is Bc1c2ccccc2c(-c2cccc(-c3cccc4ccccc34)c2)c2ccccc12. The van der Waals surface area contributed by atoms with Gasteiger partial charge in [0, 0.05) is 0 Å². The van der Waals surface area contributed by atoms with Gasteiger partial charge in [-0.2, -0.15) is 0 Å².